The number of ether oxygens (including phenoxy) is 2. The predicted molar refractivity (Wildman–Crippen MR) is 381 cm³/mol. The first-order valence-electron chi connectivity index (χ1n) is 37.0. The molecule has 9 nitrogen and oxygen atoms in total. The molecule has 88 heavy (non-hydrogen) atoms. The minimum absolute atomic E-state index is 0.0242. The summed E-state index contributed by atoms with van der Waals surface area (Å²) < 4.78 is 34.7. The van der Waals surface area contributed by atoms with Gasteiger partial charge in [-0.3, -0.25) is 18.6 Å². The lowest BCUT2D eigenvalue weighted by Gasteiger charge is -2.24. The molecule has 0 spiro atoms. The van der Waals surface area contributed by atoms with E-state index in [1.807, 2.05) is 21.1 Å². The van der Waals surface area contributed by atoms with Gasteiger partial charge in [-0.15, -0.1) is 0 Å². The van der Waals surface area contributed by atoms with E-state index >= 15 is 0 Å². The second-order valence-corrected chi connectivity index (χ2v) is 27.4. The van der Waals surface area contributed by atoms with Gasteiger partial charge in [0.1, 0.15) is 19.8 Å². The number of unbranched alkanes of at least 4 members (excludes halogenated alkanes) is 38. The Morgan fingerprint density at radius 3 is 0.977 bits per heavy atom. The Hall–Kier alpha value is -3.07. The lowest BCUT2D eigenvalue weighted by molar-refractivity contribution is -0.870. The Morgan fingerprint density at radius 1 is 0.364 bits per heavy atom. The summed E-state index contributed by atoms with van der Waals surface area (Å²) in [5.74, 6) is -0.812. The molecule has 0 amide bonds. The van der Waals surface area contributed by atoms with Crippen LogP contribution in [-0.2, 0) is 32.7 Å². The van der Waals surface area contributed by atoms with Crippen LogP contribution in [-0.4, -0.2) is 74.9 Å². The zero-order chi connectivity index (χ0) is 64.1. The average Bonchev–Trinajstić information content (AvgIpc) is 3.60. The van der Waals surface area contributed by atoms with Crippen LogP contribution in [0.4, 0.5) is 0 Å². The van der Waals surface area contributed by atoms with E-state index in [-0.39, 0.29) is 32.0 Å². The van der Waals surface area contributed by atoms with Gasteiger partial charge in [0.25, 0.3) is 0 Å². The van der Waals surface area contributed by atoms with Gasteiger partial charge in [-0.25, -0.2) is 4.57 Å². The van der Waals surface area contributed by atoms with Gasteiger partial charge in [0.05, 0.1) is 27.7 Å². The van der Waals surface area contributed by atoms with E-state index in [9.17, 15) is 19.0 Å². The number of quaternary nitrogens is 1. The van der Waals surface area contributed by atoms with Crippen molar-refractivity contribution in [3.63, 3.8) is 0 Å². The van der Waals surface area contributed by atoms with E-state index in [1.165, 1.54) is 205 Å². The van der Waals surface area contributed by atoms with Crippen LogP contribution in [0.3, 0.4) is 0 Å². The van der Waals surface area contributed by atoms with Crippen molar-refractivity contribution in [1.82, 2.24) is 0 Å². The van der Waals surface area contributed by atoms with E-state index in [0.29, 0.717) is 17.4 Å². The van der Waals surface area contributed by atoms with Gasteiger partial charge in [-0.2, -0.15) is 0 Å². The summed E-state index contributed by atoms with van der Waals surface area (Å²) in [6.45, 7) is 4.33. The number of likely N-dealkylation sites (N-methyl/N-ethyl adjacent to an activating group) is 1. The highest BCUT2D eigenvalue weighted by atomic mass is 31.2. The summed E-state index contributed by atoms with van der Waals surface area (Å²) in [4.78, 5) is 35.9. The molecule has 0 aliphatic rings. The maximum atomic E-state index is 12.9. The zero-order valence-electron chi connectivity index (χ0n) is 58.2. The maximum Gasteiger partial charge on any atom is 0.472 e. The normalized spacial score (nSPS) is 13.7. The zero-order valence-corrected chi connectivity index (χ0v) is 59.1. The van der Waals surface area contributed by atoms with Crippen LogP contribution >= 0.6 is 7.82 Å². The van der Waals surface area contributed by atoms with Crippen molar-refractivity contribution in [2.24, 2.45) is 0 Å². The summed E-state index contributed by atoms with van der Waals surface area (Å²) in [6, 6.07) is 0. The molecule has 2 unspecified atom stereocenters. The molecule has 0 aliphatic heterocycles. The second kappa shape index (κ2) is 68.3. The number of phosphoric acid groups is 1. The van der Waals surface area contributed by atoms with Gasteiger partial charge in [-0.05, 0) is 96.3 Å². The molecule has 0 aromatic heterocycles. The minimum Gasteiger partial charge on any atom is -0.462 e. The van der Waals surface area contributed by atoms with Crippen LogP contribution in [0.25, 0.3) is 0 Å². The van der Waals surface area contributed by atoms with Gasteiger partial charge < -0.3 is 18.9 Å². The van der Waals surface area contributed by atoms with Gasteiger partial charge in [0.2, 0.25) is 0 Å². The number of rotatable bonds is 68. The molecular formula is C78H141NO8P+. The first-order valence-corrected chi connectivity index (χ1v) is 38.5. The molecule has 10 heteroatoms. The molecule has 0 saturated heterocycles. The van der Waals surface area contributed by atoms with Crippen molar-refractivity contribution in [3.8, 4) is 0 Å². The monoisotopic (exact) mass is 1250 g/mol. The fourth-order valence-electron chi connectivity index (χ4n) is 10.5. The van der Waals surface area contributed by atoms with Crippen LogP contribution in [0.5, 0.6) is 0 Å². The largest absolute Gasteiger partial charge is 0.472 e. The van der Waals surface area contributed by atoms with Gasteiger partial charge >= 0.3 is 19.8 Å². The topological polar surface area (TPSA) is 108 Å². The Kier molecular flexibility index (Phi) is 65.9. The highest BCUT2D eigenvalue weighted by Crippen LogP contribution is 2.43. The summed E-state index contributed by atoms with van der Waals surface area (Å²) in [6.07, 6.45) is 95.4. The fourth-order valence-corrected chi connectivity index (χ4v) is 11.2. The predicted octanol–water partition coefficient (Wildman–Crippen LogP) is 24.3. The molecule has 1 N–H and O–H groups in total. The standard InChI is InChI=1S/C78H140NO8P/c1-6-8-10-12-14-16-18-20-22-24-26-28-30-32-34-35-36-37-38-39-40-41-42-43-45-46-48-50-52-54-56-58-60-62-64-66-68-70-77(80)84-74-76(75-86-88(82,83)85-73-72-79(3,4)5)87-78(81)71-69-67-65-63-61-59-57-55-53-51-49-47-44-33-31-29-27-25-23-21-19-17-15-13-11-9-7-2/h9,11,15,17,21,23-24,26-27,29,33,44,49,51,55,57,76H,6-8,10,12-14,16,18-20,22,25,28,30-32,34-43,45-48,50,52-54,56,58-75H2,1-5H3/p+1/b11-9-,17-15-,23-21-,26-24-,29-27-,44-33-,51-49-,57-55-. The number of carbonyl (C=O) groups excluding carboxylic acids is 2. The van der Waals surface area contributed by atoms with Crippen molar-refractivity contribution in [3.05, 3.63) is 97.2 Å². The molecule has 0 fully saturated rings. The highest BCUT2D eigenvalue weighted by molar-refractivity contribution is 7.47. The third-order valence-corrected chi connectivity index (χ3v) is 17.1. The number of hydrogen-bond donors (Lipinski definition) is 1. The van der Waals surface area contributed by atoms with E-state index < -0.39 is 26.5 Å². The van der Waals surface area contributed by atoms with Crippen LogP contribution < -0.4 is 0 Å². The van der Waals surface area contributed by atoms with Crippen LogP contribution in [0.15, 0.2) is 97.2 Å². The number of nitrogens with zero attached hydrogens (tertiary/aromatic N) is 1. The third-order valence-electron chi connectivity index (χ3n) is 16.1. The SMILES string of the molecule is CC/C=C\C/C=C\C/C=C\C/C=C\C/C=C\C/C=C\C/C=C\CCCCCCCC(=O)OC(COC(=O)CCCCCCCCCCCCCCCCCCCCCCCCCCC/C=C\CCCCCCCCCC)COP(=O)(O)OCC[N+](C)(C)C. The highest BCUT2D eigenvalue weighted by Gasteiger charge is 2.27. The first kappa shape index (κ1) is 84.9. The molecule has 0 rings (SSSR count). The maximum absolute atomic E-state index is 12.9. The number of carbonyl (C=O) groups is 2. The molecule has 0 radical (unpaired) electrons. The van der Waals surface area contributed by atoms with Crippen molar-refractivity contribution in [1.29, 1.82) is 0 Å². The molecule has 0 aromatic rings. The molecule has 0 saturated carbocycles. The van der Waals surface area contributed by atoms with E-state index in [1.54, 1.807) is 0 Å². The number of allylic oxidation sites excluding steroid dienone is 16. The number of esters is 2. The van der Waals surface area contributed by atoms with Crippen LogP contribution in [0, 0.1) is 0 Å². The van der Waals surface area contributed by atoms with Gasteiger partial charge in [0, 0.05) is 12.8 Å². The lowest BCUT2D eigenvalue weighted by Crippen LogP contribution is -2.37. The fraction of sp³-hybridized carbons (Fsp3) is 0.769. The molecule has 2 atom stereocenters. The van der Waals surface area contributed by atoms with Crippen molar-refractivity contribution in [2.75, 3.05) is 47.5 Å². The van der Waals surface area contributed by atoms with Gasteiger partial charge in [0.15, 0.2) is 6.10 Å². The van der Waals surface area contributed by atoms with E-state index in [4.69, 9.17) is 18.5 Å². The summed E-state index contributed by atoms with van der Waals surface area (Å²) in [7, 11) is 1.46. The smallest absolute Gasteiger partial charge is 0.462 e. The van der Waals surface area contributed by atoms with E-state index in [2.05, 4.69) is 111 Å². The third kappa shape index (κ3) is 72.0. The summed E-state index contributed by atoms with van der Waals surface area (Å²) in [5, 5.41) is 0. The quantitative estimate of drug-likeness (QED) is 0.0211. The molecule has 0 heterocycles. The molecule has 0 aromatic carbocycles. The second-order valence-electron chi connectivity index (χ2n) is 25.9. The Morgan fingerprint density at radius 2 is 0.648 bits per heavy atom. The van der Waals surface area contributed by atoms with E-state index in [0.717, 1.165) is 96.3 Å². The Bertz CT molecular complexity index is 1810. The molecule has 510 valence electrons. The summed E-state index contributed by atoms with van der Waals surface area (Å²) >= 11 is 0. The van der Waals surface area contributed by atoms with Crippen LogP contribution in [0.1, 0.15) is 335 Å². The number of phosphoric ester groups is 1. The molecule has 0 bridgehead atoms. The molecule has 0 aliphatic carbocycles. The van der Waals surface area contributed by atoms with Gasteiger partial charge in [-0.1, -0.05) is 323 Å². The Balaban J connectivity index is 4.01. The minimum atomic E-state index is -4.40. The van der Waals surface area contributed by atoms with Crippen molar-refractivity contribution < 1.29 is 42.1 Å². The lowest BCUT2D eigenvalue weighted by atomic mass is 10.0. The Labute approximate surface area is 544 Å². The molecular weight excluding hydrogens is 1110 g/mol. The summed E-state index contributed by atoms with van der Waals surface area (Å²) in [5.41, 5.74) is 0. The van der Waals surface area contributed by atoms with Crippen molar-refractivity contribution >= 4 is 19.8 Å². The van der Waals surface area contributed by atoms with Crippen molar-refractivity contribution in [2.45, 2.75) is 341 Å². The average molecular weight is 1250 g/mol. The number of hydrogen-bond acceptors (Lipinski definition) is 7. The first-order chi connectivity index (χ1) is 43.0. The van der Waals surface area contributed by atoms with Crippen LogP contribution in [0.2, 0.25) is 0 Å².